The van der Waals surface area contributed by atoms with E-state index in [0.29, 0.717) is 6.54 Å². The molecule has 2 rings (SSSR count). The van der Waals surface area contributed by atoms with Crippen LogP contribution in [0.2, 0.25) is 0 Å². The molecule has 16 heavy (non-hydrogen) atoms. The number of hydrogen-bond acceptors (Lipinski definition) is 5. The minimum Gasteiger partial charge on any atom is -0.326 e. The van der Waals surface area contributed by atoms with E-state index in [1.165, 1.54) is 22.0 Å². The van der Waals surface area contributed by atoms with E-state index in [4.69, 9.17) is 5.73 Å². The molecule has 3 nitrogen and oxygen atoms in total. The Kier molecular flexibility index (Phi) is 3.58. The van der Waals surface area contributed by atoms with Crippen LogP contribution >= 0.6 is 23.3 Å². The second-order valence-electron chi connectivity index (χ2n) is 3.52. The van der Waals surface area contributed by atoms with Gasteiger partial charge in [0.2, 0.25) is 0 Å². The van der Waals surface area contributed by atoms with Crippen LogP contribution in [0.4, 0.5) is 0 Å². The Morgan fingerprint density at radius 3 is 2.81 bits per heavy atom. The normalized spacial score (nSPS) is 10.7. The second kappa shape index (κ2) is 4.95. The summed E-state index contributed by atoms with van der Waals surface area (Å²) >= 11 is 3.07. The van der Waals surface area contributed by atoms with E-state index in [0.717, 1.165) is 15.7 Å². The molecular formula is C11H13N3S2. The minimum absolute atomic E-state index is 0.556. The van der Waals surface area contributed by atoms with Crippen molar-refractivity contribution < 1.29 is 0 Å². The van der Waals surface area contributed by atoms with Gasteiger partial charge in [0.1, 0.15) is 5.82 Å². The Bertz CT molecular complexity index is 494. The van der Waals surface area contributed by atoms with Crippen molar-refractivity contribution in [3.63, 3.8) is 0 Å². The summed E-state index contributed by atoms with van der Waals surface area (Å²) in [5, 5.41) is 0. The highest BCUT2D eigenvalue weighted by molar-refractivity contribution is 8.01. The average Bonchev–Trinajstić information content (AvgIpc) is 2.64. The predicted octanol–water partition coefficient (Wildman–Crippen LogP) is 2.76. The van der Waals surface area contributed by atoms with Gasteiger partial charge in [0, 0.05) is 11.4 Å². The van der Waals surface area contributed by atoms with Gasteiger partial charge < -0.3 is 5.73 Å². The molecule has 0 radical (unpaired) electrons. The lowest BCUT2D eigenvalue weighted by Gasteiger charge is -2.06. The molecule has 0 spiro atoms. The maximum absolute atomic E-state index is 5.71. The Morgan fingerprint density at radius 2 is 2.19 bits per heavy atom. The zero-order valence-corrected chi connectivity index (χ0v) is 10.9. The molecule has 84 valence electrons. The van der Waals surface area contributed by atoms with Gasteiger partial charge in [-0.3, -0.25) is 0 Å². The summed E-state index contributed by atoms with van der Waals surface area (Å²) in [6.07, 6.45) is 0. The molecule has 0 unspecified atom stereocenters. The van der Waals surface area contributed by atoms with Gasteiger partial charge in [0.25, 0.3) is 0 Å². The lowest BCUT2D eigenvalue weighted by molar-refractivity contribution is 1.02. The standard InChI is InChI=1S/C11H13N3S2/c1-7-3-4-9(6-12)10(5-7)15-11-13-8(2)14-16-11/h3-5H,6,12H2,1-2H3. The van der Waals surface area contributed by atoms with Crippen molar-refractivity contribution in [2.45, 2.75) is 29.6 Å². The van der Waals surface area contributed by atoms with Gasteiger partial charge in [-0.25, -0.2) is 4.98 Å². The lowest BCUT2D eigenvalue weighted by atomic mass is 10.1. The minimum atomic E-state index is 0.556. The van der Waals surface area contributed by atoms with Crippen molar-refractivity contribution in [2.24, 2.45) is 5.73 Å². The molecule has 0 aliphatic rings. The zero-order valence-electron chi connectivity index (χ0n) is 9.23. The van der Waals surface area contributed by atoms with Crippen LogP contribution < -0.4 is 5.73 Å². The summed E-state index contributed by atoms with van der Waals surface area (Å²) in [6, 6.07) is 6.30. The molecule has 0 fully saturated rings. The van der Waals surface area contributed by atoms with Crippen molar-refractivity contribution in [3.05, 3.63) is 35.2 Å². The van der Waals surface area contributed by atoms with Crippen molar-refractivity contribution >= 4 is 23.3 Å². The largest absolute Gasteiger partial charge is 0.326 e. The molecule has 2 aromatic rings. The third-order valence-electron chi connectivity index (χ3n) is 2.15. The highest BCUT2D eigenvalue weighted by Crippen LogP contribution is 2.32. The van der Waals surface area contributed by atoms with Crippen LogP contribution in [0.1, 0.15) is 17.0 Å². The predicted molar refractivity (Wildman–Crippen MR) is 67.8 cm³/mol. The Hall–Kier alpha value is -0.910. The summed E-state index contributed by atoms with van der Waals surface area (Å²) in [5.41, 5.74) is 8.11. The number of rotatable bonds is 3. The first kappa shape index (κ1) is 11.6. The molecule has 0 amide bonds. The van der Waals surface area contributed by atoms with Crippen molar-refractivity contribution in [1.82, 2.24) is 9.36 Å². The average molecular weight is 251 g/mol. The molecule has 0 atom stereocenters. The number of benzene rings is 1. The molecule has 0 saturated carbocycles. The molecular weight excluding hydrogens is 238 g/mol. The Labute approximate surface area is 103 Å². The summed E-state index contributed by atoms with van der Waals surface area (Å²) in [5.74, 6) is 0.828. The first-order valence-corrected chi connectivity index (χ1v) is 6.56. The summed E-state index contributed by atoms with van der Waals surface area (Å²) < 4.78 is 5.14. The van der Waals surface area contributed by atoms with Gasteiger partial charge in [0.05, 0.1) is 0 Å². The summed E-state index contributed by atoms with van der Waals surface area (Å²) in [4.78, 5) is 5.52. The van der Waals surface area contributed by atoms with Gasteiger partial charge in [0.15, 0.2) is 4.34 Å². The SMILES string of the molecule is Cc1ccc(CN)c(Sc2nc(C)ns2)c1. The van der Waals surface area contributed by atoms with E-state index in [1.54, 1.807) is 11.8 Å². The molecule has 2 N–H and O–H groups in total. The van der Waals surface area contributed by atoms with Crippen LogP contribution in [0.3, 0.4) is 0 Å². The third kappa shape index (κ3) is 2.61. The Balaban J connectivity index is 2.29. The molecule has 1 aromatic heterocycles. The fourth-order valence-corrected chi connectivity index (χ4v) is 3.19. The number of aryl methyl sites for hydroxylation is 2. The first-order valence-electron chi connectivity index (χ1n) is 4.97. The maximum Gasteiger partial charge on any atom is 0.174 e. The molecule has 0 bridgehead atoms. The van der Waals surface area contributed by atoms with Crippen molar-refractivity contribution in [1.29, 1.82) is 0 Å². The van der Waals surface area contributed by atoms with Crippen LogP contribution in [0.5, 0.6) is 0 Å². The van der Waals surface area contributed by atoms with Crippen LogP contribution in [0.15, 0.2) is 27.4 Å². The molecule has 1 aromatic carbocycles. The summed E-state index contributed by atoms with van der Waals surface area (Å²) in [7, 11) is 0. The van der Waals surface area contributed by atoms with E-state index in [1.807, 2.05) is 6.92 Å². The van der Waals surface area contributed by atoms with Gasteiger partial charge in [-0.1, -0.05) is 23.9 Å². The maximum atomic E-state index is 5.71. The van der Waals surface area contributed by atoms with E-state index in [9.17, 15) is 0 Å². The lowest BCUT2D eigenvalue weighted by Crippen LogP contribution is -1.98. The summed E-state index contributed by atoms with van der Waals surface area (Å²) in [6.45, 7) is 4.54. The quantitative estimate of drug-likeness (QED) is 0.911. The topological polar surface area (TPSA) is 51.8 Å². The van der Waals surface area contributed by atoms with Gasteiger partial charge >= 0.3 is 0 Å². The van der Waals surface area contributed by atoms with Gasteiger partial charge in [-0.15, -0.1) is 0 Å². The Morgan fingerprint density at radius 1 is 1.38 bits per heavy atom. The second-order valence-corrected chi connectivity index (χ2v) is 5.57. The number of nitrogens with zero attached hydrogens (tertiary/aromatic N) is 2. The van der Waals surface area contributed by atoms with Crippen LogP contribution in [0.25, 0.3) is 0 Å². The van der Waals surface area contributed by atoms with Crippen LogP contribution in [-0.4, -0.2) is 9.36 Å². The first-order chi connectivity index (χ1) is 7.69. The zero-order chi connectivity index (χ0) is 11.5. The fourth-order valence-electron chi connectivity index (χ4n) is 1.34. The van der Waals surface area contributed by atoms with Crippen LogP contribution in [-0.2, 0) is 6.54 Å². The fraction of sp³-hybridized carbons (Fsp3) is 0.273. The highest BCUT2D eigenvalue weighted by atomic mass is 32.2. The monoisotopic (exact) mass is 251 g/mol. The molecule has 5 heteroatoms. The van der Waals surface area contributed by atoms with E-state index < -0.39 is 0 Å². The number of aromatic nitrogens is 2. The number of hydrogen-bond donors (Lipinski definition) is 1. The van der Waals surface area contributed by atoms with Crippen molar-refractivity contribution in [3.8, 4) is 0 Å². The molecule has 0 aliphatic heterocycles. The molecule has 0 aliphatic carbocycles. The van der Waals surface area contributed by atoms with E-state index >= 15 is 0 Å². The van der Waals surface area contributed by atoms with Crippen LogP contribution in [0, 0.1) is 13.8 Å². The van der Waals surface area contributed by atoms with Crippen molar-refractivity contribution in [2.75, 3.05) is 0 Å². The third-order valence-corrected chi connectivity index (χ3v) is 4.09. The smallest absolute Gasteiger partial charge is 0.174 e. The van der Waals surface area contributed by atoms with Gasteiger partial charge in [-0.05, 0) is 42.6 Å². The van der Waals surface area contributed by atoms with Gasteiger partial charge in [-0.2, -0.15) is 4.37 Å². The van der Waals surface area contributed by atoms with E-state index in [2.05, 4.69) is 34.5 Å². The molecule has 0 saturated heterocycles. The van der Waals surface area contributed by atoms with E-state index in [-0.39, 0.29) is 0 Å². The highest BCUT2D eigenvalue weighted by Gasteiger charge is 2.07. The number of nitrogens with two attached hydrogens (primary N) is 1. The molecule has 1 heterocycles.